The fourth-order valence-corrected chi connectivity index (χ4v) is 5.90. The van der Waals surface area contributed by atoms with Crippen LogP contribution < -0.4 is 0 Å². The third-order valence-corrected chi connectivity index (χ3v) is 7.45. The number of hydrogen-bond acceptors (Lipinski definition) is 0. The van der Waals surface area contributed by atoms with Crippen molar-refractivity contribution in [2.24, 2.45) is 0 Å². The summed E-state index contributed by atoms with van der Waals surface area (Å²) in [6.45, 7) is 16.7. The van der Waals surface area contributed by atoms with Crippen molar-refractivity contribution in [2.75, 3.05) is 0 Å². The Morgan fingerprint density at radius 3 is 1.11 bits per heavy atom. The van der Waals surface area contributed by atoms with Crippen molar-refractivity contribution in [3.63, 3.8) is 0 Å². The van der Waals surface area contributed by atoms with E-state index in [0.717, 1.165) is 0 Å². The molecule has 0 unspecified atom stereocenters. The molecular weight excluding hydrogens is 444 g/mol. The molecule has 7 rings (SSSR count). The molecule has 0 fully saturated rings. The molecule has 0 nitrogen and oxygen atoms in total. The largest absolute Gasteiger partial charge is 0.0683 e. The lowest BCUT2D eigenvalue weighted by atomic mass is 9.81. The molecule has 1 aliphatic carbocycles. The van der Waals surface area contributed by atoms with E-state index in [1.165, 1.54) is 65.3 Å². The van der Waals surface area contributed by atoms with Gasteiger partial charge in [0.25, 0.3) is 0 Å². The van der Waals surface area contributed by atoms with Crippen LogP contribution in [0.15, 0.2) is 97.1 Å². The van der Waals surface area contributed by atoms with Crippen LogP contribution in [0.4, 0.5) is 0 Å². The lowest BCUT2D eigenvalue weighted by molar-refractivity contribution is 0.661. The van der Waals surface area contributed by atoms with Gasteiger partial charge in [0.2, 0.25) is 0 Å². The Kier molecular flexibility index (Phi) is 7.69. The molecule has 188 valence electrons. The predicted octanol–water partition coefficient (Wildman–Crippen LogP) is 11.7. The Morgan fingerprint density at radius 2 is 0.703 bits per heavy atom. The van der Waals surface area contributed by atoms with Crippen LogP contribution in [0.3, 0.4) is 0 Å². The number of fused-ring (bicyclic) bond motifs is 11. The second kappa shape index (κ2) is 10.8. The zero-order valence-corrected chi connectivity index (χ0v) is 23.7. The SMILES string of the molecule is CC.CC.CC.CC1(C)c2ccc3c(ccc4ccccc43)c2-c2c1ccc1c2ccc2ccccc21. The van der Waals surface area contributed by atoms with E-state index in [2.05, 4.69) is 111 Å². The summed E-state index contributed by atoms with van der Waals surface area (Å²) in [4.78, 5) is 0. The molecule has 37 heavy (non-hydrogen) atoms. The van der Waals surface area contributed by atoms with Gasteiger partial charge in [-0.2, -0.15) is 0 Å². The molecule has 0 heteroatoms. The summed E-state index contributed by atoms with van der Waals surface area (Å²) in [5, 5.41) is 10.7. The molecule has 1 aliphatic rings. The molecule has 0 amide bonds. The molecular formula is C37H40. The van der Waals surface area contributed by atoms with Crippen LogP contribution in [-0.4, -0.2) is 0 Å². The van der Waals surface area contributed by atoms with Gasteiger partial charge in [0, 0.05) is 5.41 Å². The summed E-state index contributed by atoms with van der Waals surface area (Å²) < 4.78 is 0. The van der Waals surface area contributed by atoms with Crippen LogP contribution in [0.2, 0.25) is 0 Å². The van der Waals surface area contributed by atoms with Crippen molar-refractivity contribution in [1.29, 1.82) is 0 Å². The zero-order valence-electron chi connectivity index (χ0n) is 23.7. The van der Waals surface area contributed by atoms with Crippen LogP contribution in [0, 0.1) is 0 Å². The fourth-order valence-electron chi connectivity index (χ4n) is 5.90. The summed E-state index contributed by atoms with van der Waals surface area (Å²) in [6, 6.07) is 36.1. The van der Waals surface area contributed by atoms with Crippen LogP contribution in [-0.2, 0) is 5.41 Å². The highest BCUT2D eigenvalue weighted by Crippen LogP contribution is 2.54. The van der Waals surface area contributed by atoms with Crippen LogP contribution in [0.25, 0.3) is 54.2 Å². The standard InChI is InChI=1S/C31H22.3C2H6/c1-31(2)27-17-15-23-21-9-5-3-7-19(21)11-13-25(23)29(27)30-26-14-12-20-8-4-6-10-22(20)24(26)16-18-28(30)31;3*1-2/h3-18H,1-2H3;3*1-2H3. The second-order valence-corrected chi connectivity index (χ2v) is 9.36. The number of rotatable bonds is 0. The Balaban J connectivity index is 0.000000500. The molecule has 0 heterocycles. The van der Waals surface area contributed by atoms with Gasteiger partial charge < -0.3 is 0 Å². The Bertz CT molecular complexity index is 1570. The van der Waals surface area contributed by atoms with Crippen LogP contribution in [0.1, 0.15) is 66.5 Å². The molecule has 6 aromatic rings. The number of hydrogen-bond donors (Lipinski definition) is 0. The lowest BCUT2D eigenvalue weighted by Crippen LogP contribution is -2.14. The minimum absolute atomic E-state index is 0.00959. The van der Waals surface area contributed by atoms with Gasteiger partial charge in [0.1, 0.15) is 0 Å². The molecule has 0 saturated heterocycles. The minimum atomic E-state index is -0.00959. The molecule has 0 N–H and O–H groups in total. The van der Waals surface area contributed by atoms with Crippen molar-refractivity contribution < 1.29 is 0 Å². The first kappa shape index (κ1) is 26.4. The third-order valence-electron chi connectivity index (χ3n) is 7.45. The maximum atomic E-state index is 2.37. The Hall–Kier alpha value is -3.64. The van der Waals surface area contributed by atoms with Gasteiger partial charge >= 0.3 is 0 Å². The molecule has 0 bridgehead atoms. The highest BCUT2D eigenvalue weighted by atomic mass is 14.4. The van der Waals surface area contributed by atoms with E-state index in [1.807, 2.05) is 41.5 Å². The second-order valence-electron chi connectivity index (χ2n) is 9.36. The molecule has 0 radical (unpaired) electrons. The van der Waals surface area contributed by atoms with Gasteiger partial charge in [0.15, 0.2) is 0 Å². The minimum Gasteiger partial charge on any atom is -0.0683 e. The topological polar surface area (TPSA) is 0 Å². The maximum Gasteiger partial charge on any atom is 0.0159 e. The van der Waals surface area contributed by atoms with Crippen molar-refractivity contribution in [3.05, 3.63) is 108 Å². The van der Waals surface area contributed by atoms with Gasteiger partial charge in [-0.15, -0.1) is 0 Å². The van der Waals surface area contributed by atoms with E-state index < -0.39 is 0 Å². The van der Waals surface area contributed by atoms with E-state index in [0.29, 0.717) is 0 Å². The smallest absolute Gasteiger partial charge is 0.0159 e. The van der Waals surface area contributed by atoms with Crippen LogP contribution >= 0.6 is 0 Å². The summed E-state index contributed by atoms with van der Waals surface area (Å²) in [5.74, 6) is 0. The highest BCUT2D eigenvalue weighted by Gasteiger charge is 2.37. The first-order valence-electron chi connectivity index (χ1n) is 14.0. The van der Waals surface area contributed by atoms with Crippen molar-refractivity contribution in [1.82, 2.24) is 0 Å². The van der Waals surface area contributed by atoms with Crippen molar-refractivity contribution in [3.8, 4) is 11.1 Å². The van der Waals surface area contributed by atoms with Gasteiger partial charge in [0.05, 0.1) is 0 Å². The molecule has 0 aromatic heterocycles. The molecule has 0 saturated carbocycles. The molecule has 6 aromatic carbocycles. The summed E-state index contributed by atoms with van der Waals surface area (Å²) in [7, 11) is 0. The van der Waals surface area contributed by atoms with E-state index in [9.17, 15) is 0 Å². The van der Waals surface area contributed by atoms with Crippen molar-refractivity contribution >= 4 is 43.1 Å². The average molecular weight is 485 g/mol. The van der Waals surface area contributed by atoms with Gasteiger partial charge in [-0.1, -0.05) is 152 Å². The maximum absolute atomic E-state index is 2.37. The van der Waals surface area contributed by atoms with E-state index in [4.69, 9.17) is 0 Å². The summed E-state index contributed by atoms with van der Waals surface area (Å²) >= 11 is 0. The summed E-state index contributed by atoms with van der Waals surface area (Å²) in [6.07, 6.45) is 0. The van der Waals surface area contributed by atoms with Crippen LogP contribution in [0.5, 0.6) is 0 Å². The van der Waals surface area contributed by atoms with E-state index in [1.54, 1.807) is 0 Å². The average Bonchev–Trinajstić information content (AvgIpc) is 3.22. The molecule has 0 spiro atoms. The fraction of sp³-hybridized carbons (Fsp3) is 0.243. The van der Waals surface area contributed by atoms with Gasteiger partial charge in [-0.05, 0) is 65.3 Å². The lowest BCUT2D eigenvalue weighted by Gasteiger charge is -2.22. The Morgan fingerprint density at radius 1 is 0.351 bits per heavy atom. The quantitative estimate of drug-likeness (QED) is 0.188. The first-order chi connectivity index (χ1) is 18.1. The van der Waals surface area contributed by atoms with Crippen molar-refractivity contribution in [2.45, 2.75) is 60.8 Å². The molecule has 0 atom stereocenters. The number of benzene rings is 6. The zero-order chi connectivity index (χ0) is 26.7. The highest BCUT2D eigenvalue weighted by molar-refractivity contribution is 6.20. The predicted molar refractivity (Wildman–Crippen MR) is 168 cm³/mol. The van der Waals surface area contributed by atoms with Gasteiger partial charge in [-0.25, -0.2) is 0 Å². The first-order valence-corrected chi connectivity index (χ1v) is 14.0. The third kappa shape index (κ3) is 4.00. The normalized spacial score (nSPS) is 12.5. The van der Waals surface area contributed by atoms with Gasteiger partial charge in [-0.3, -0.25) is 0 Å². The van der Waals surface area contributed by atoms with E-state index >= 15 is 0 Å². The summed E-state index contributed by atoms with van der Waals surface area (Å²) in [5.41, 5.74) is 5.70. The van der Waals surface area contributed by atoms with E-state index in [-0.39, 0.29) is 5.41 Å². The molecule has 0 aliphatic heterocycles. The monoisotopic (exact) mass is 484 g/mol. The Labute approximate surface area is 223 Å².